The summed E-state index contributed by atoms with van der Waals surface area (Å²) >= 11 is 0. The molecule has 0 saturated heterocycles. The predicted molar refractivity (Wildman–Crippen MR) is 94.8 cm³/mol. The van der Waals surface area contributed by atoms with Crippen LogP contribution in [0.25, 0.3) is 0 Å². The average Bonchev–Trinajstić information content (AvgIpc) is 3.41. The predicted octanol–water partition coefficient (Wildman–Crippen LogP) is 2.12. The Morgan fingerprint density at radius 2 is 2.04 bits per heavy atom. The lowest BCUT2D eigenvalue weighted by Crippen LogP contribution is -2.35. The third-order valence-corrected chi connectivity index (χ3v) is 4.54. The minimum Gasteiger partial charge on any atom is -0.493 e. The van der Waals surface area contributed by atoms with Gasteiger partial charge in [-0.1, -0.05) is 18.2 Å². The standard InChI is InChI=1S/C19H23N3O3/c1-12-13(2)21-22(3)19(24)17(12)18(23)20-10-15-6-4-5-7-16(15)25-11-14-8-9-14/h4-7,14H,8-11H2,1-3H3,(H,20,23). The number of benzene rings is 1. The zero-order valence-corrected chi connectivity index (χ0v) is 14.8. The summed E-state index contributed by atoms with van der Waals surface area (Å²) in [5.74, 6) is 1.05. The zero-order chi connectivity index (χ0) is 18.0. The Morgan fingerprint density at radius 1 is 1.32 bits per heavy atom. The molecule has 132 valence electrons. The first kappa shape index (κ1) is 17.2. The van der Waals surface area contributed by atoms with E-state index >= 15 is 0 Å². The van der Waals surface area contributed by atoms with Crippen molar-refractivity contribution in [1.82, 2.24) is 15.1 Å². The molecule has 3 rings (SSSR count). The van der Waals surface area contributed by atoms with E-state index in [9.17, 15) is 9.59 Å². The number of hydrogen-bond donors (Lipinski definition) is 1. The molecule has 1 N–H and O–H groups in total. The average molecular weight is 341 g/mol. The molecule has 1 fully saturated rings. The Hall–Kier alpha value is -2.63. The Labute approximate surface area is 146 Å². The molecule has 6 heteroatoms. The number of nitrogens with one attached hydrogen (secondary N) is 1. The number of hydrogen-bond acceptors (Lipinski definition) is 4. The number of carbonyl (C=O) groups excluding carboxylic acids is 1. The second kappa shape index (κ2) is 7.09. The van der Waals surface area contributed by atoms with E-state index < -0.39 is 0 Å². The van der Waals surface area contributed by atoms with Crippen molar-refractivity contribution in [3.05, 3.63) is 57.0 Å². The fourth-order valence-electron chi connectivity index (χ4n) is 2.66. The molecule has 2 aromatic rings. The van der Waals surface area contributed by atoms with Crippen molar-refractivity contribution in [3.8, 4) is 5.75 Å². The van der Waals surface area contributed by atoms with Gasteiger partial charge >= 0.3 is 0 Å². The van der Waals surface area contributed by atoms with Gasteiger partial charge < -0.3 is 10.1 Å². The molecule has 1 aliphatic carbocycles. The fourth-order valence-corrected chi connectivity index (χ4v) is 2.66. The molecule has 1 aromatic carbocycles. The van der Waals surface area contributed by atoms with Gasteiger partial charge in [-0.3, -0.25) is 9.59 Å². The van der Waals surface area contributed by atoms with E-state index in [2.05, 4.69) is 10.4 Å². The first-order chi connectivity index (χ1) is 12.0. The van der Waals surface area contributed by atoms with Gasteiger partial charge in [0, 0.05) is 19.2 Å². The number of amides is 1. The van der Waals surface area contributed by atoms with Crippen LogP contribution >= 0.6 is 0 Å². The first-order valence-corrected chi connectivity index (χ1v) is 8.50. The second-order valence-corrected chi connectivity index (χ2v) is 6.56. The van der Waals surface area contributed by atoms with Crippen molar-refractivity contribution in [3.63, 3.8) is 0 Å². The van der Waals surface area contributed by atoms with Gasteiger partial charge in [0.2, 0.25) is 0 Å². The number of nitrogens with zero attached hydrogens (tertiary/aromatic N) is 2. The molecule has 0 spiro atoms. The molecular weight excluding hydrogens is 318 g/mol. The minimum absolute atomic E-state index is 0.145. The Balaban J connectivity index is 1.74. The molecule has 0 radical (unpaired) electrons. The third kappa shape index (κ3) is 3.90. The van der Waals surface area contributed by atoms with Crippen molar-refractivity contribution < 1.29 is 9.53 Å². The summed E-state index contributed by atoms with van der Waals surface area (Å²) in [5.41, 5.74) is 1.93. The van der Waals surface area contributed by atoms with E-state index in [4.69, 9.17) is 4.74 Å². The van der Waals surface area contributed by atoms with Gasteiger partial charge in [-0.05, 0) is 44.2 Å². The van der Waals surface area contributed by atoms with Gasteiger partial charge in [-0.15, -0.1) is 0 Å². The molecule has 1 amide bonds. The van der Waals surface area contributed by atoms with Gasteiger partial charge in [-0.25, -0.2) is 4.68 Å². The summed E-state index contributed by atoms with van der Waals surface area (Å²) in [5, 5.41) is 6.93. The SMILES string of the molecule is Cc1nn(C)c(=O)c(C(=O)NCc2ccccc2OCC2CC2)c1C. The normalized spacial score (nSPS) is 13.6. The van der Waals surface area contributed by atoms with Crippen LogP contribution in [0.3, 0.4) is 0 Å². The molecular formula is C19H23N3O3. The summed E-state index contributed by atoms with van der Waals surface area (Å²) in [6, 6.07) is 7.65. The Morgan fingerprint density at radius 3 is 2.76 bits per heavy atom. The van der Waals surface area contributed by atoms with Crippen LogP contribution in [0.4, 0.5) is 0 Å². The topological polar surface area (TPSA) is 73.2 Å². The molecule has 0 bridgehead atoms. The highest BCUT2D eigenvalue weighted by molar-refractivity contribution is 5.95. The highest BCUT2D eigenvalue weighted by atomic mass is 16.5. The van der Waals surface area contributed by atoms with E-state index in [0.717, 1.165) is 11.3 Å². The molecule has 25 heavy (non-hydrogen) atoms. The van der Waals surface area contributed by atoms with Gasteiger partial charge in [0.1, 0.15) is 11.3 Å². The van der Waals surface area contributed by atoms with Crippen LogP contribution in [-0.4, -0.2) is 22.3 Å². The largest absolute Gasteiger partial charge is 0.493 e. The molecule has 0 atom stereocenters. The quantitative estimate of drug-likeness (QED) is 0.873. The monoisotopic (exact) mass is 341 g/mol. The molecule has 1 saturated carbocycles. The third-order valence-electron chi connectivity index (χ3n) is 4.54. The smallest absolute Gasteiger partial charge is 0.279 e. The maximum atomic E-state index is 12.6. The second-order valence-electron chi connectivity index (χ2n) is 6.56. The Bertz CT molecular complexity index is 853. The van der Waals surface area contributed by atoms with E-state index in [1.807, 2.05) is 24.3 Å². The summed E-state index contributed by atoms with van der Waals surface area (Å²) in [4.78, 5) is 24.8. The van der Waals surface area contributed by atoms with Crippen LogP contribution in [0.5, 0.6) is 5.75 Å². The molecule has 1 aromatic heterocycles. The molecule has 1 heterocycles. The summed E-state index contributed by atoms with van der Waals surface area (Å²) in [6.45, 7) is 4.55. The number of ether oxygens (including phenoxy) is 1. The van der Waals surface area contributed by atoms with Crippen molar-refractivity contribution in [2.45, 2.75) is 33.2 Å². The molecule has 0 aliphatic heterocycles. The molecule has 0 unspecified atom stereocenters. The van der Waals surface area contributed by atoms with E-state index in [0.29, 0.717) is 30.3 Å². The molecule has 1 aliphatic rings. The van der Waals surface area contributed by atoms with Gasteiger partial charge in [0.15, 0.2) is 0 Å². The summed E-state index contributed by atoms with van der Waals surface area (Å²) in [6.07, 6.45) is 2.45. The molecule has 6 nitrogen and oxygen atoms in total. The van der Waals surface area contributed by atoms with Crippen LogP contribution in [0.15, 0.2) is 29.1 Å². The summed E-state index contributed by atoms with van der Waals surface area (Å²) < 4.78 is 7.06. The highest BCUT2D eigenvalue weighted by Gasteiger charge is 2.22. The van der Waals surface area contributed by atoms with Crippen LogP contribution in [0, 0.1) is 19.8 Å². The van der Waals surface area contributed by atoms with Crippen LogP contribution in [-0.2, 0) is 13.6 Å². The Kier molecular flexibility index (Phi) is 4.88. The van der Waals surface area contributed by atoms with Crippen molar-refractivity contribution in [2.75, 3.05) is 6.61 Å². The van der Waals surface area contributed by atoms with Gasteiger partial charge in [-0.2, -0.15) is 5.10 Å². The maximum Gasteiger partial charge on any atom is 0.279 e. The lowest BCUT2D eigenvalue weighted by atomic mass is 10.1. The van der Waals surface area contributed by atoms with E-state index in [1.165, 1.54) is 17.5 Å². The zero-order valence-electron chi connectivity index (χ0n) is 14.8. The van der Waals surface area contributed by atoms with Gasteiger partial charge in [0.05, 0.1) is 12.3 Å². The number of aryl methyl sites for hydroxylation is 2. The lowest BCUT2D eigenvalue weighted by molar-refractivity contribution is 0.0947. The van der Waals surface area contributed by atoms with Crippen molar-refractivity contribution >= 4 is 5.91 Å². The van der Waals surface area contributed by atoms with Crippen LogP contribution in [0.2, 0.25) is 0 Å². The maximum absolute atomic E-state index is 12.6. The number of rotatable bonds is 6. The van der Waals surface area contributed by atoms with Gasteiger partial charge in [0.25, 0.3) is 11.5 Å². The van der Waals surface area contributed by atoms with E-state index in [-0.39, 0.29) is 17.0 Å². The van der Waals surface area contributed by atoms with E-state index in [1.54, 1.807) is 20.9 Å². The fraction of sp³-hybridized carbons (Fsp3) is 0.421. The number of aromatic nitrogens is 2. The number of carbonyl (C=O) groups is 1. The van der Waals surface area contributed by atoms with Crippen molar-refractivity contribution in [1.29, 1.82) is 0 Å². The first-order valence-electron chi connectivity index (χ1n) is 8.50. The van der Waals surface area contributed by atoms with Crippen molar-refractivity contribution in [2.24, 2.45) is 13.0 Å². The highest BCUT2D eigenvalue weighted by Crippen LogP contribution is 2.30. The lowest BCUT2D eigenvalue weighted by Gasteiger charge is -2.13. The summed E-state index contributed by atoms with van der Waals surface area (Å²) in [7, 11) is 1.55. The number of para-hydroxylation sites is 1. The van der Waals surface area contributed by atoms with Crippen LogP contribution < -0.4 is 15.6 Å². The van der Waals surface area contributed by atoms with Crippen LogP contribution in [0.1, 0.15) is 40.0 Å². The minimum atomic E-state index is -0.390.